The second-order valence-corrected chi connectivity index (χ2v) is 4.74. The Balaban J connectivity index is 0.00000162. The van der Waals surface area contributed by atoms with Crippen molar-refractivity contribution in [1.29, 1.82) is 0 Å². The van der Waals surface area contributed by atoms with Crippen LogP contribution in [0.4, 0.5) is 0 Å². The van der Waals surface area contributed by atoms with Crippen molar-refractivity contribution in [3.8, 4) is 0 Å². The van der Waals surface area contributed by atoms with E-state index in [9.17, 15) is 4.79 Å². The molecule has 98 valence electrons. The van der Waals surface area contributed by atoms with Crippen LogP contribution in [0.25, 0.3) is 10.9 Å². The Labute approximate surface area is 119 Å². The van der Waals surface area contributed by atoms with Crippen molar-refractivity contribution in [2.24, 2.45) is 5.73 Å². The van der Waals surface area contributed by atoms with Crippen LogP contribution in [0.2, 0.25) is 0 Å². The number of hydrogen-bond donors (Lipinski definition) is 2. The highest BCUT2D eigenvalue weighted by Crippen LogP contribution is 2.27. The summed E-state index contributed by atoms with van der Waals surface area (Å²) in [4.78, 5) is 14.3. The molecule has 0 amide bonds. The Bertz CT molecular complexity index is 556. The molecule has 3 N–H and O–H groups in total. The number of H-pyrrole nitrogens is 1. The number of hydrogen-bond acceptors (Lipinski definition) is 3. The largest absolute Gasteiger partial charge is 0.469 e. The smallest absolute Gasteiger partial charge is 0.307 e. The molecule has 2 rings (SSSR count). The molecule has 0 aliphatic carbocycles. The van der Waals surface area contributed by atoms with Gasteiger partial charge < -0.3 is 15.5 Å². The fourth-order valence-electron chi connectivity index (χ4n) is 1.79. The van der Waals surface area contributed by atoms with Gasteiger partial charge in [0.15, 0.2) is 0 Å². The molecule has 1 heterocycles. The molecule has 0 aliphatic heterocycles. The maximum Gasteiger partial charge on any atom is 0.307 e. The zero-order chi connectivity index (χ0) is 12.4. The maximum atomic E-state index is 11.2. The SMILES string of the molecule is COC(=O)C[C@H](N)c1c[nH]c2ccc(Br)cc12.Cl. The van der Waals surface area contributed by atoms with Gasteiger partial charge in [-0.25, -0.2) is 0 Å². The predicted molar refractivity (Wildman–Crippen MR) is 76.8 cm³/mol. The summed E-state index contributed by atoms with van der Waals surface area (Å²) in [5, 5.41) is 1.02. The molecule has 2 aromatic rings. The van der Waals surface area contributed by atoms with Crippen molar-refractivity contribution in [2.45, 2.75) is 12.5 Å². The van der Waals surface area contributed by atoms with Crippen LogP contribution in [0.1, 0.15) is 18.0 Å². The number of fused-ring (bicyclic) bond motifs is 1. The molecule has 0 saturated carbocycles. The number of ether oxygens (including phenoxy) is 1. The van der Waals surface area contributed by atoms with Crippen LogP contribution in [0.3, 0.4) is 0 Å². The normalized spacial score (nSPS) is 11.9. The van der Waals surface area contributed by atoms with Crippen LogP contribution < -0.4 is 5.73 Å². The molecule has 0 bridgehead atoms. The van der Waals surface area contributed by atoms with Gasteiger partial charge >= 0.3 is 5.97 Å². The summed E-state index contributed by atoms with van der Waals surface area (Å²) in [6, 6.07) is 5.55. The van der Waals surface area contributed by atoms with E-state index in [1.54, 1.807) is 0 Å². The summed E-state index contributed by atoms with van der Waals surface area (Å²) in [7, 11) is 1.36. The first-order valence-corrected chi connectivity index (χ1v) is 6.00. The summed E-state index contributed by atoms with van der Waals surface area (Å²) < 4.78 is 5.60. The first-order valence-electron chi connectivity index (χ1n) is 5.20. The first kappa shape index (κ1) is 15.0. The molecule has 0 unspecified atom stereocenters. The van der Waals surface area contributed by atoms with Gasteiger partial charge in [0.1, 0.15) is 0 Å². The fraction of sp³-hybridized carbons (Fsp3) is 0.250. The zero-order valence-corrected chi connectivity index (χ0v) is 12.2. The number of methoxy groups -OCH3 is 1. The maximum absolute atomic E-state index is 11.2. The molecule has 6 heteroatoms. The number of halogens is 2. The average molecular weight is 334 g/mol. The number of aromatic nitrogens is 1. The van der Waals surface area contributed by atoms with E-state index in [1.807, 2.05) is 24.4 Å². The highest BCUT2D eigenvalue weighted by molar-refractivity contribution is 9.10. The highest BCUT2D eigenvalue weighted by Gasteiger charge is 2.15. The van der Waals surface area contributed by atoms with Crippen molar-refractivity contribution in [1.82, 2.24) is 4.98 Å². The Kier molecular flexibility index (Phi) is 5.19. The second-order valence-electron chi connectivity index (χ2n) is 3.82. The minimum atomic E-state index is -0.356. The quantitative estimate of drug-likeness (QED) is 0.849. The van der Waals surface area contributed by atoms with Gasteiger partial charge in [-0.3, -0.25) is 4.79 Å². The molecule has 1 aromatic heterocycles. The van der Waals surface area contributed by atoms with Crippen LogP contribution in [-0.2, 0) is 9.53 Å². The van der Waals surface area contributed by atoms with E-state index in [1.165, 1.54) is 7.11 Å². The van der Waals surface area contributed by atoms with Gasteiger partial charge in [-0.1, -0.05) is 15.9 Å². The van der Waals surface area contributed by atoms with E-state index < -0.39 is 0 Å². The topological polar surface area (TPSA) is 68.1 Å². The van der Waals surface area contributed by atoms with E-state index in [4.69, 9.17) is 5.73 Å². The van der Waals surface area contributed by atoms with Gasteiger partial charge in [0.2, 0.25) is 0 Å². The molecule has 18 heavy (non-hydrogen) atoms. The average Bonchev–Trinajstić information content (AvgIpc) is 2.71. The van der Waals surface area contributed by atoms with Gasteiger partial charge in [0, 0.05) is 27.6 Å². The number of carbonyl (C=O) groups is 1. The van der Waals surface area contributed by atoms with Crippen LogP contribution >= 0.6 is 28.3 Å². The second kappa shape index (κ2) is 6.22. The number of nitrogens with one attached hydrogen (secondary N) is 1. The Morgan fingerprint density at radius 3 is 2.94 bits per heavy atom. The summed E-state index contributed by atoms with van der Waals surface area (Å²) in [5.41, 5.74) is 7.92. The molecular weight excluding hydrogens is 320 g/mol. The summed E-state index contributed by atoms with van der Waals surface area (Å²) in [5.74, 6) is -0.304. The lowest BCUT2D eigenvalue weighted by Gasteiger charge is -2.09. The fourth-order valence-corrected chi connectivity index (χ4v) is 2.16. The van der Waals surface area contributed by atoms with Crippen molar-refractivity contribution in [3.63, 3.8) is 0 Å². The summed E-state index contributed by atoms with van der Waals surface area (Å²) in [6.07, 6.45) is 2.01. The number of rotatable bonds is 3. The van der Waals surface area contributed by atoms with E-state index in [0.717, 1.165) is 20.9 Å². The minimum absolute atomic E-state index is 0. The molecule has 0 aliphatic rings. The first-order chi connectivity index (χ1) is 8.11. The number of carbonyl (C=O) groups excluding carboxylic acids is 1. The lowest BCUT2D eigenvalue weighted by atomic mass is 10.0. The molecule has 0 spiro atoms. The van der Waals surface area contributed by atoms with Crippen molar-refractivity contribution >= 4 is 45.2 Å². The monoisotopic (exact) mass is 332 g/mol. The number of benzene rings is 1. The van der Waals surface area contributed by atoms with Gasteiger partial charge in [-0.15, -0.1) is 12.4 Å². The standard InChI is InChI=1S/C12H13BrN2O2.ClH/c1-17-12(16)5-10(14)9-6-15-11-3-2-7(13)4-8(9)11;/h2-4,6,10,15H,5,14H2,1H3;1H/t10-;/m0./s1. The molecule has 0 fully saturated rings. The van der Waals surface area contributed by atoms with E-state index in [2.05, 4.69) is 25.7 Å². The molecule has 0 saturated heterocycles. The third kappa shape index (κ3) is 3.04. The zero-order valence-electron chi connectivity index (χ0n) is 9.77. The van der Waals surface area contributed by atoms with Gasteiger partial charge in [0.25, 0.3) is 0 Å². The molecular formula is C12H14BrClN2O2. The Morgan fingerprint density at radius 2 is 2.28 bits per heavy atom. The van der Waals surface area contributed by atoms with E-state index in [0.29, 0.717) is 0 Å². The van der Waals surface area contributed by atoms with Crippen LogP contribution in [0, 0.1) is 0 Å². The minimum Gasteiger partial charge on any atom is -0.469 e. The van der Waals surface area contributed by atoms with Crippen molar-refractivity contribution in [2.75, 3.05) is 7.11 Å². The van der Waals surface area contributed by atoms with Gasteiger partial charge in [-0.2, -0.15) is 0 Å². The number of esters is 1. The Hall–Kier alpha value is -1.04. The third-order valence-electron chi connectivity index (χ3n) is 2.69. The lowest BCUT2D eigenvalue weighted by Crippen LogP contribution is -2.15. The number of aromatic amines is 1. The van der Waals surface area contributed by atoms with E-state index >= 15 is 0 Å². The van der Waals surface area contributed by atoms with Crippen LogP contribution in [0.15, 0.2) is 28.9 Å². The van der Waals surface area contributed by atoms with Crippen LogP contribution in [-0.4, -0.2) is 18.1 Å². The lowest BCUT2D eigenvalue weighted by molar-refractivity contribution is -0.141. The summed E-state index contributed by atoms with van der Waals surface area (Å²) >= 11 is 3.42. The third-order valence-corrected chi connectivity index (χ3v) is 3.18. The predicted octanol–water partition coefficient (Wildman–Crippen LogP) is 2.92. The molecule has 0 radical (unpaired) electrons. The molecule has 1 atom stereocenters. The summed E-state index contributed by atoms with van der Waals surface area (Å²) in [6.45, 7) is 0. The van der Waals surface area contributed by atoms with Gasteiger partial charge in [-0.05, 0) is 23.8 Å². The number of nitrogens with two attached hydrogens (primary N) is 1. The van der Waals surface area contributed by atoms with Crippen molar-refractivity contribution < 1.29 is 9.53 Å². The highest BCUT2D eigenvalue weighted by atomic mass is 79.9. The van der Waals surface area contributed by atoms with Crippen molar-refractivity contribution in [3.05, 3.63) is 34.4 Å². The van der Waals surface area contributed by atoms with Gasteiger partial charge in [0.05, 0.1) is 13.5 Å². The molecule has 4 nitrogen and oxygen atoms in total. The van der Waals surface area contributed by atoms with E-state index in [-0.39, 0.29) is 30.8 Å². The molecule has 1 aromatic carbocycles. The Morgan fingerprint density at radius 1 is 1.56 bits per heavy atom. The van der Waals surface area contributed by atoms with Crippen LogP contribution in [0.5, 0.6) is 0 Å².